The molecule has 1 N–H and O–H groups in total. The molecule has 0 radical (unpaired) electrons. The summed E-state index contributed by atoms with van der Waals surface area (Å²) in [4.78, 5) is 6.75. The van der Waals surface area contributed by atoms with Crippen molar-refractivity contribution in [1.29, 1.82) is 0 Å². The third-order valence-electron chi connectivity index (χ3n) is 4.37. The average molecular weight is 352 g/mol. The van der Waals surface area contributed by atoms with Gasteiger partial charge in [0.2, 0.25) is 0 Å². The van der Waals surface area contributed by atoms with Crippen molar-refractivity contribution in [2.45, 2.75) is 33.2 Å². The molecule has 0 amide bonds. The molecule has 1 atom stereocenters. The molecule has 6 heteroatoms. The topological polar surface area (TPSA) is 61.8 Å². The zero-order valence-electron chi connectivity index (χ0n) is 15.0. The maximum atomic E-state index is 11.6. The zero-order valence-corrected chi connectivity index (χ0v) is 15.8. The van der Waals surface area contributed by atoms with Gasteiger partial charge in [-0.25, -0.2) is 8.42 Å². The highest BCUT2D eigenvalue weighted by atomic mass is 32.2. The second-order valence-electron chi connectivity index (χ2n) is 6.49. The molecule has 0 saturated carbocycles. The van der Waals surface area contributed by atoms with E-state index in [2.05, 4.69) is 46.4 Å². The van der Waals surface area contributed by atoms with Crippen LogP contribution >= 0.6 is 0 Å². The number of aliphatic imine (C=N–C) groups is 1. The van der Waals surface area contributed by atoms with Gasteiger partial charge in [0.05, 0.1) is 11.5 Å². The van der Waals surface area contributed by atoms with Crippen LogP contribution in [-0.2, 0) is 22.8 Å². The fourth-order valence-corrected chi connectivity index (χ4v) is 4.78. The molecule has 1 unspecified atom stereocenters. The molecule has 1 aromatic carbocycles. The smallest absolute Gasteiger partial charge is 0.193 e. The summed E-state index contributed by atoms with van der Waals surface area (Å²) in [7, 11) is -0.820. The van der Waals surface area contributed by atoms with Gasteiger partial charge in [-0.05, 0) is 36.8 Å². The van der Waals surface area contributed by atoms with E-state index in [1.807, 2.05) is 14.0 Å². The van der Waals surface area contributed by atoms with Crippen molar-refractivity contribution in [3.05, 3.63) is 35.4 Å². The number of nitrogens with zero attached hydrogens (tertiary/aromatic N) is 2. The van der Waals surface area contributed by atoms with Crippen molar-refractivity contribution in [2.75, 3.05) is 31.6 Å². The first-order chi connectivity index (χ1) is 11.4. The zero-order chi connectivity index (χ0) is 17.6. The number of rotatable bonds is 6. The lowest BCUT2D eigenvalue weighted by atomic mass is 10.1. The van der Waals surface area contributed by atoms with Gasteiger partial charge in [0.25, 0.3) is 0 Å². The summed E-state index contributed by atoms with van der Waals surface area (Å²) in [5.74, 6) is 1.57. The summed E-state index contributed by atoms with van der Waals surface area (Å²) in [5.41, 5.74) is 2.58. The van der Waals surface area contributed by atoms with Crippen LogP contribution in [-0.4, -0.2) is 50.9 Å². The largest absolute Gasteiger partial charge is 0.357 e. The Bertz CT molecular complexity index is 653. The van der Waals surface area contributed by atoms with E-state index >= 15 is 0 Å². The first-order valence-corrected chi connectivity index (χ1v) is 10.5. The number of aryl methyl sites for hydroxylation is 1. The summed E-state index contributed by atoms with van der Waals surface area (Å²) in [6, 6.07) is 8.64. The van der Waals surface area contributed by atoms with Gasteiger partial charge < -0.3 is 10.2 Å². The lowest BCUT2D eigenvalue weighted by Crippen LogP contribution is -2.38. The molecule has 0 spiro atoms. The highest BCUT2D eigenvalue weighted by molar-refractivity contribution is 7.91. The second-order valence-corrected chi connectivity index (χ2v) is 8.72. The minimum atomic E-state index is -2.83. The number of hydrogen-bond acceptors (Lipinski definition) is 3. The molecule has 1 aliphatic rings. The first kappa shape index (κ1) is 18.8. The number of guanidine groups is 1. The molecule has 5 nitrogen and oxygen atoms in total. The minimum absolute atomic E-state index is 0.154. The molecule has 0 aromatic heterocycles. The Labute approximate surface area is 146 Å². The van der Waals surface area contributed by atoms with Crippen LogP contribution in [0.25, 0.3) is 0 Å². The van der Waals surface area contributed by atoms with Crippen LogP contribution in [0, 0.1) is 5.92 Å². The van der Waals surface area contributed by atoms with Crippen LogP contribution < -0.4 is 5.32 Å². The van der Waals surface area contributed by atoms with E-state index in [1.165, 1.54) is 11.1 Å². The third-order valence-corrected chi connectivity index (χ3v) is 6.21. The molecule has 1 saturated heterocycles. The fourth-order valence-electron chi connectivity index (χ4n) is 2.93. The highest BCUT2D eigenvalue weighted by Crippen LogP contribution is 2.18. The molecule has 1 aliphatic heterocycles. The summed E-state index contributed by atoms with van der Waals surface area (Å²) in [6.07, 6.45) is 1.78. The number of hydrogen-bond donors (Lipinski definition) is 1. The van der Waals surface area contributed by atoms with E-state index in [0.29, 0.717) is 12.3 Å². The predicted octanol–water partition coefficient (Wildman–Crippen LogP) is 2.08. The van der Waals surface area contributed by atoms with Crippen molar-refractivity contribution >= 4 is 15.8 Å². The van der Waals surface area contributed by atoms with Gasteiger partial charge in [-0.1, -0.05) is 31.2 Å². The molecular formula is C18H29N3O2S. The van der Waals surface area contributed by atoms with Crippen molar-refractivity contribution in [3.63, 3.8) is 0 Å². The number of nitrogens with one attached hydrogen (secondary N) is 1. The molecule has 1 aromatic rings. The van der Waals surface area contributed by atoms with Crippen molar-refractivity contribution in [1.82, 2.24) is 10.2 Å². The summed E-state index contributed by atoms with van der Waals surface area (Å²) in [6.45, 7) is 6.33. The number of sulfone groups is 1. The van der Waals surface area contributed by atoms with E-state index in [4.69, 9.17) is 0 Å². The highest BCUT2D eigenvalue weighted by Gasteiger charge is 2.27. The minimum Gasteiger partial charge on any atom is -0.357 e. The van der Waals surface area contributed by atoms with Gasteiger partial charge >= 0.3 is 0 Å². The molecule has 1 fully saturated rings. The Hall–Kier alpha value is -1.56. The van der Waals surface area contributed by atoms with Gasteiger partial charge in [-0.15, -0.1) is 0 Å². The van der Waals surface area contributed by atoms with Gasteiger partial charge in [0, 0.05) is 26.7 Å². The lowest BCUT2D eigenvalue weighted by Gasteiger charge is -2.22. The number of benzene rings is 1. The molecule has 2 rings (SSSR count). The van der Waals surface area contributed by atoms with E-state index in [9.17, 15) is 8.42 Å². The molecule has 134 valence electrons. The molecule has 1 heterocycles. The summed E-state index contributed by atoms with van der Waals surface area (Å²) < 4.78 is 23.1. The lowest BCUT2D eigenvalue weighted by molar-refractivity contribution is 0.472. The van der Waals surface area contributed by atoms with Crippen LogP contribution in [0.4, 0.5) is 0 Å². The van der Waals surface area contributed by atoms with Crippen LogP contribution in [0.15, 0.2) is 29.3 Å². The van der Waals surface area contributed by atoms with Crippen molar-refractivity contribution in [3.8, 4) is 0 Å². The standard InChI is InChI=1S/C18H29N3O2S/c1-4-15-6-8-16(9-7-15)13-21(3)18(19-5-2)20-12-17-10-11-24(22,23)14-17/h6-9,17H,4-5,10-14H2,1-3H3,(H,19,20). The first-order valence-electron chi connectivity index (χ1n) is 8.71. The average Bonchev–Trinajstić information content (AvgIpc) is 2.91. The maximum Gasteiger partial charge on any atom is 0.193 e. The maximum absolute atomic E-state index is 11.6. The van der Waals surface area contributed by atoms with Gasteiger partial charge in [-0.3, -0.25) is 4.99 Å². The SMILES string of the molecule is CCNC(=NCC1CCS(=O)(=O)C1)N(C)Cc1ccc(CC)cc1. The predicted molar refractivity (Wildman–Crippen MR) is 100 cm³/mol. The van der Waals surface area contributed by atoms with E-state index < -0.39 is 9.84 Å². The van der Waals surface area contributed by atoms with E-state index in [0.717, 1.165) is 31.9 Å². The Morgan fingerprint density at radius 3 is 2.46 bits per heavy atom. The summed E-state index contributed by atoms with van der Waals surface area (Å²) >= 11 is 0. The van der Waals surface area contributed by atoms with Crippen LogP contribution in [0.5, 0.6) is 0 Å². The fraction of sp³-hybridized carbons (Fsp3) is 0.611. The monoisotopic (exact) mass is 351 g/mol. The van der Waals surface area contributed by atoms with Crippen LogP contribution in [0.2, 0.25) is 0 Å². The van der Waals surface area contributed by atoms with Gasteiger partial charge in [0.15, 0.2) is 15.8 Å². The van der Waals surface area contributed by atoms with Crippen LogP contribution in [0.3, 0.4) is 0 Å². The Kier molecular flexibility index (Phi) is 6.66. The quantitative estimate of drug-likeness (QED) is 0.630. The Morgan fingerprint density at radius 2 is 1.92 bits per heavy atom. The van der Waals surface area contributed by atoms with Crippen molar-refractivity contribution < 1.29 is 8.42 Å². The van der Waals surface area contributed by atoms with Crippen LogP contribution in [0.1, 0.15) is 31.4 Å². The van der Waals surface area contributed by atoms with Crippen molar-refractivity contribution in [2.24, 2.45) is 10.9 Å². The molecule has 0 aliphatic carbocycles. The molecular weight excluding hydrogens is 322 g/mol. The Balaban J connectivity index is 1.98. The van der Waals surface area contributed by atoms with E-state index in [1.54, 1.807) is 0 Å². The normalized spacial score (nSPS) is 20.1. The summed E-state index contributed by atoms with van der Waals surface area (Å²) in [5, 5.41) is 3.30. The molecule has 0 bridgehead atoms. The Morgan fingerprint density at radius 1 is 1.25 bits per heavy atom. The van der Waals surface area contributed by atoms with Gasteiger partial charge in [0.1, 0.15) is 0 Å². The van der Waals surface area contributed by atoms with E-state index in [-0.39, 0.29) is 11.7 Å². The van der Waals surface area contributed by atoms with Gasteiger partial charge in [-0.2, -0.15) is 0 Å². The molecule has 24 heavy (non-hydrogen) atoms. The second kappa shape index (κ2) is 8.51. The third kappa shape index (κ3) is 5.51.